The standard InChI is InChI=1S/C17H20N2O6/c1-2-3-6-17(16(24)25)12-11(14(22)18-15(12)23)13(19-17)8-4-5-9(20)10(21)7-8/h4-5,7,11-13,19-21H,2-3,6H2,1H3,(H,24,25)(H,18,22,23). The number of rotatable bonds is 5. The summed E-state index contributed by atoms with van der Waals surface area (Å²) in [6.45, 7) is 1.91. The molecule has 2 amide bonds. The molecule has 2 fully saturated rings. The van der Waals surface area contributed by atoms with Crippen molar-refractivity contribution in [2.45, 2.75) is 37.8 Å². The van der Waals surface area contributed by atoms with Crippen LogP contribution in [0.15, 0.2) is 18.2 Å². The number of carbonyl (C=O) groups excluding carboxylic acids is 2. The molecule has 4 atom stereocenters. The number of hydrogen-bond donors (Lipinski definition) is 5. The Hall–Kier alpha value is -2.61. The second-order valence-corrected chi connectivity index (χ2v) is 6.61. The molecule has 2 saturated heterocycles. The first-order valence-corrected chi connectivity index (χ1v) is 8.19. The number of carboxylic acids is 1. The maximum Gasteiger partial charge on any atom is 0.324 e. The smallest absolute Gasteiger partial charge is 0.324 e. The molecule has 2 aliphatic rings. The number of phenols is 2. The highest BCUT2D eigenvalue weighted by atomic mass is 16.4. The molecule has 25 heavy (non-hydrogen) atoms. The van der Waals surface area contributed by atoms with Gasteiger partial charge in [0.1, 0.15) is 5.54 Å². The van der Waals surface area contributed by atoms with E-state index in [1.54, 1.807) is 0 Å². The van der Waals surface area contributed by atoms with Gasteiger partial charge >= 0.3 is 5.97 Å². The summed E-state index contributed by atoms with van der Waals surface area (Å²) in [5.41, 5.74) is -1.11. The van der Waals surface area contributed by atoms with E-state index in [-0.39, 0.29) is 17.9 Å². The highest BCUT2D eigenvalue weighted by Gasteiger charge is 2.65. The fourth-order valence-electron chi connectivity index (χ4n) is 3.94. The zero-order valence-corrected chi connectivity index (χ0v) is 13.7. The van der Waals surface area contributed by atoms with E-state index in [4.69, 9.17) is 0 Å². The molecule has 5 N–H and O–H groups in total. The van der Waals surface area contributed by atoms with Gasteiger partial charge in [0, 0.05) is 6.04 Å². The number of aliphatic carboxylic acids is 1. The van der Waals surface area contributed by atoms with E-state index in [1.807, 2.05) is 6.92 Å². The van der Waals surface area contributed by atoms with Crippen molar-refractivity contribution in [3.05, 3.63) is 23.8 Å². The number of benzene rings is 1. The summed E-state index contributed by atoms with van der Waals surface area (Å²) in [5, 5.41) is 34.3. The summed E-state index contributed by atoms with van der Waals surface area (Å²) < 4.78 is 0. The summed E-state index contributed by atoms with van der Waals surface area (Å²) in [5.74, 6) is -4.89. The van der Waals surface area contributed by atoms with Crippen molar-refractivity contribution in [3.63, 3.8) is 0 Å². The van der Waals surface area contributed by atoms with Crippen LogP contribution in [0.25, 0.3) is 0 Å². The SMILES string of the molecule is CCCCC1(C(=O)O)NC(c2ccc(O)c(O)c2)C2C(=O)NC(=O)C21. The lowest BCUT2D eigenvalue weighted by molar-refractivity contribution is -0.149. The molecule has 3 rings (SSSR count). The third kappa shape index (κ3) is 2.53. The topological polar surface area (TPSA) is 136 Å². The lowest BCUT2D eigenvalue weighted by Gasteiger charge is -2.29. The third-order valence-corrected chi connectivity index (χ3v) is 5.16. The molecular formula is C17H20N2O6. The van der Waals surface area contributed by atoms with E-state index < -0.39 is 41.2 Å². The minimum absolute atomic E-state index is 0.210. The van der Waals surface area contributed by atoms with Crippen LogP contribution in [0, 0.1) is 11.8 Å². The van der Waals surface area contributed by atoms with Crippen molar-refractivity contribution < 1.29 is 29.7 Å². The number of fused-ring (bicyclic) bond motifs is 1. The van der Waals surface area contributed by atoms with Gasteiger partial charge in [-0.3, -0.25) is 25.0 Å². The summed E-state index contributed by atoms with van der Waals surface area (Å²) >= 11 is 0. The molecule has 134 valence electrons. The van der Waals surface area contributed by atoms with E-state index in [0.29, 0.717) is 12.0 Å². The van der Waals surface area contributed by atoms with Gasteiger partial charge in [0.2, 0.25) is 11.8 Å². The second kappa shape index (κ2) is 6.03. The average molecular weight is 348 g/mol. The van der Waals surface area contributed by atoms with Crippen LogP contribution in [-0.2, 0) is 14.4 Å². The van der Waals surface area contributed by atoms with Crippen LogP contribution in [0.5, 0.6) is 11.5 Å². The van der Waals surface area contributed by atoms with Gasteiger partial charge in [-0.15, -0.1) is 0 Å². The first kappa shape index (κ1) is 17.2. The molecule has 0 saturated carbocycles. The lowest BCUT2D eigenvalue weighted by atomic mass is 9.76. The minimum Gasteiger partial charge on any atom is -0.504 e. The first-order valence-electron chi connectivity index (χ1n) is 8.19. The molecule has 0 radical (unpaired) electrons. The predicted octanol–water partition coefficient (Wildman–Crippen LogP) is 0.644. The highest BCUT2D eigenvalue weighted by Crippen LogP contribution is 2.48. The van der Waals surface area contributed by atoms with Crippen LogP contribution in [0.4, 0.5) is 0 Å². The molecule has 0 spiro atoms. The first-order chi connectivity index (χ1) is 11.8. The number of aromatic hydroxyl groups is 2. The molecule has 0 aliphatic carbocycles. The van der Waals surface area contributed by atoms with Crippen LogP contribution >= 0.6 is 0 Å². The molecule has 2 aliphatic heterocycles. The molecule has 1 aromatic rings. The van der Waals surface area contributed by atoms with Crippen LogP contribution in [0.1, 0.15) is 37.8 Å². The third-order valence-electron chi connectivity index (χ3n) is 5.16. The van der Waals surface area contributed by atoms with Crippen molar-refractivity contribution in [1.29, 1.82) is 0 Å². The highest BCUT2D eigenvalue weighted by molar-refractivity contribution is 6.09. The second-order valence-electron chi connectivity index (χ2n) is 6.61. The van der Waals surface area contributed by atoms with Crippen molar-refractivity contribution in [3.8, 4) is 11.5 Å². The van der Waals surface area contributed by atoms with E-state index in [1.165, 1.54) is 18.2 Å². The minimum atomic E-state index is -1.55. The molecule has 2 heterocycles. The Labute approximate surface area is 143 Å². The summed E-state index contributed by atoms with van der Waals surface area (Å²) in [7, 11) is 0. The molecule has 4 unspecified atom stereocenters. The molecule has 1 aromatic carbocycles. The Kier molecular flexibility index (Phi) is 4.16. The van der Waals surface area contributed by atoms with Gasteiger partial charge in [0.25, 0.3) is 0 Å². The number of imide groups is 1. The number of carbonyl (C=O) groups is 3. The zero-order chi connectivity index (χ0) is 18.4. The van der Waals surface area contributed by atoms with Gasteiger partial charge in [0.15, 0.2) is 11.5 Å². The van der Waals surface area contributed by atoms with E-state index in [0.717, 1.165) is 6.42 Å². The molecule has 0 aromatic heterocycles. The van der Waals surface area contributed by atoms with E-state index in [2.05, 4.69) is 10.6 Å². The van der Waals surface area contributed by atoms with E-state index in [9.17, 15) is 29.7 Å². The van der Waals surface area contributed by atoms with Crippen LogP contribution in [0.2, 0.25) is 0 Å². The summed E-state index contributed by atoms with van der Waals surface area (Å²) in [6.07, 6.45) is 1.53. The van der Waals surface area contributed by atoms with Crippen LogP contribution in [0.3, 0.4) is 0 Å². The number of amides is 2. The largest absolute Gasteiger partial charge is 0.504 e. The lowest BCUT2D eigenvalue weighted by Crippen LogP contribution is -2.55. The molecular weight excluding hydrogens is 328 g/mol. The van der Waals surface area contributed by atoms with Gasteiger partial charge in [-0.2, -0.15) is 0 Å². The number of carboxylic acid groups (broad SMARTS) is 1. The fraction of sp³-hybridized carbons (Fsp3) is 0.471. The normalized spacial score (nSPS) is 31.0. The molecule has 8 heteroatoms. The molecule has 0 bridgehead atoms. The number of phenolic OH excluding ortho intramolecular Hbond substituents is 2. The number of hydrogen-bond acceptors (Lipinski definition) is 6. The zero-order valence-electron chi connectivity index (χ0n) is 13.7. The van der Waals surface area contributed by atoms with Crippen LogP contribution in [-0.4, -0.2) is 38.6 Å². The quantitative estimate of drug-likeness (QED) is 0.389. The monoisotopic (exact) mass is 348 g/mol. The number of unbranched alkanes of at least 4 members (excludes halogenated alkanes) is 1. The van der Waals surface area contributed by atoms with Crippen molar-refractivity contribution in [1.82, 2.24) is 10.6 Å². The van der Waals surface area contributed by atoms with Gasteiger partial charge in [-0.05, 0) is 24.1 Å². The Balaban J connectivity index is 2.08. The van der Waals surface area contributed by atoms with Crippen LogP contribution < -0.4 is 10.6 Å². The fourth-order valence-corrected chi connectivity index (χ4v) is 3.94. The summed E-state index contributed by atoms with van der Waals surface area (Å²) in [6, 6.07) is 3.29. The van der Waals surface area contributed by atoms with Gasteiger partial charge < -0.3 is 15.3 Å². The van der Waals surface area contributed by atoms with Gasteiger partial charge in [0.05, 0.1) is 11.8 Å². The Morgan fingerprint density at radius 3 is 2.52 bits per heavy atom. The van der Waals surface area contributed by atoms with Crippen molar-refractivity contribution >= 4 is 17.8 Å². The Bertz CT molecular complexity index is 749. The van der Waals surface area contributed by atoms with Gasteiger partial charge in [-0.1, -0.05) is 25.8 Å². The predicted molar refractivity (Wildman–Crippen MR) is 85.7 cm³/mol. The van der Waals surface area contributed by atoms with Crippen molar-refractivity contribution in [2.75, 3.05) is 0 Å². The van der Waals surface area contributed by atoms with Crippen molar-refractivity contribution in [2.24, 2.45) is 11.8 Å². The maximum atomic E-state index is 12.3. The number of nitrogens with one attached hydrogen (secondary N) is 2. The summed E-state index contributed by atoms with van der Waals surface area (Å²) in [4.78, 5) is 36.7. The Morgan fingerprint density at radius 2 is 1.92 bits per heavy atom. The maximum absolute atomic E-state index is 12.3. The Morgan fingerprint density at radius 1 is 1.20 bits per heavy atom. The van der Waals surface area contributed by atoms with Gasteiger partial charge in [-0.25, -0.2) is 0 Å². The van der Waals surface area contributed by atoms with E-state index >= 15 is 0 Å². The average Bonchev–Trinajstić information content (AvgIpc) is 3.06. The molecule has 8 nitrogen and oxygen atoms in total.